The molecule has 0 atom stereocenters. The third kappa shape index (κ3) is 7.00. The predicted octanol–water partition coefficient (Wildman–Crippen LogP) is 5.26. The van der Waals surface area contributed by atoms with Gasteiger partial charge in [0.2, 0.25) is 5.95 Å². The van der Waals surface area contributed by atoms with Gasteiger partial charge in [-0.05, 0) is 68.1 Å². The Morgan fingerprint density at radius 2 is 1.64 bits per heavy atom. The number of halogens is 3. The van der Waals surface area contributed by atoms with Crippen molar-refractivity contribution < 1.29 is 27.9 Å². The summed E-state index contributed by atoms with van der Waals surface area (Å²) in [5.74, 6) is -1.15. The van der Waals surface area contributed by atoms with Crippen LogP contribution in [-0.4, -0.2) is 61.2 Å². The number of carbonyl (C=O) groups excluding carboxylic acids is 1. The highest BCUT2D eigenvalue weighted by Crippen LogP contribution is 2.38. The van der Waals surface area contributed by atoms with E-state index < -0.39 is 12.1 Å². The third-order valence-electron chi connectivity index (χ3n) is 6.67. The number of alkyl halides is 3. The zero-order valence-corrected chi connectivity index (χ0v) is 22.1. The van der Waals surface area contributed by atoms with Crippen LogP contribution in [0.4, 0.5) is 35.3 Å². The van der Waals surface area contributed by atoms with E-state index in [-0.39, 0.29) is 11.6 Å². The van der Waals surface area contributed by atoms with Gasteiger partial charge < -0.3 is 25.6 Å². The van der Waals surface area contributed by atoms with E-state index in [1.165, 1.54) is 0 Å². The second kappa shape index (κ2) is 11.8. The van der Waals surface area contributed by atoms with Crippen molar-refractivity contribution in [3.63, 3.8) is 0 Å². The molecule has 42 heavy (non-hydrogen) atoms. The van der Waals surface area contributed by atoms with Crippen LogP contribution in [0, 0.1) is 0 Å². The van der Waals surface area contributed by atoms with Crippen LogP contribution in [0.2, 0.25) is 0 Å². The number of likely N-dealkylation sites (tertiary alicyclic amines) is 1. The predicted molar refractivity (Wildman–Crippen MR) is 149 cm³/mol. The van der Waals surface area contributed by atoms with Gasteiger partial charge in [-0.2, -0.15) is 13.2 Å². The number of carboxylic acids is 1. The number of urea groups is 1. The molecule has 0 unspecified atom stereocenters. The van der Waals surface area contributed by atoms with Crippen LogP contribution < -0.4 is 16.2 Å². The summed E-state index contributed by atoms with van der Waals surface area (Å²) in [6.45, 7) is 1.62. The molecule has 4 N–H and O–H groups in total. The monoisotopic (exact) mass is 581 g/mol. The van der Waals surface area contributed by atoms with Gasteiger partial charge >= 0.3 is 18.2 Å². The van der Waals surface area contributed by atoms with Crippen LogP contribution in [0.25, 0.3) is 22.2 Å². The summed E-state index contributed by atoms with van der Waals surface area (Å²) in [4.78, 5) is 52.1. The number of carbonyl (C=O) groups is 2. The summed E-state index contributed by atoms with van der Waals surface area (Å²) in [5, 5.41) is 13.8. The highest BCUT2D eigenvalue weighted by atomic mass is 19.4. The molecule has 218 valence electrons. The molecule has 11 nitrogen and oxygen atoms in total. The fourth-order valence-electron chi connectivity index (χ4n) is 4.33. The van der Waals surface area contributed by atoms with Gasteiger partial charge in [0.05, 0.1) is 16.6 Å². The average molecular weight is 582 g/mol. The van der Waals surface area contributed by atoms with Crippen LogP contribution in [0.15, 0.2) is 59.5 Å². The molecule has 1 aliphatic heterocycles. The van der Waals surface area contributed by atoms with Crippen molar-refractivity contribution >= 4 is 40.2 Å². The van der Waals surface area contributed by atoms with Gasteiger partial charge in [0.1, 0.15) is 5.82 Å². The molecule has 0 bridgehead atoms. The molecule has 0 spiro atoms. The average Bonchev–Trinajstić information content (AvgIpc) is 3.67. The zero-order chi connectivity index (χ0) is 29.9. The summed E-state index contributed by atoms with van der Waals surface area (Å²) < 4.78 is 31.7. The van der Waals surface area contributed by atoms with Gasteiger partial charge in [-0.1, -0.05) is 6.07 Å². The highest BCUT2D eigenvalue weighted by molar-refractivity contribution is 5.89. The van der Waals surface area contributed by atoms with E-state index in [0.717, 1.165) is 61.5 Å². The Morgan fingerprint density at radius 1 is 0.976 bits per heavy atom. The number of rotatable bonds is 5. The van der Waals surface area contributed by atoms with Crippen molar-refractivity contribution in [2.45, 2.75) is 37.8 Å². The van der Waals surface area contributed by atoms with Crippen molar-refractivity contribution in [1.29, 1.82) is 0 Å². The fourth-order valence-corrected chi connectivity index (χ4v) is 4.33. The lowest BCUT2D eigenvalue weighted by atomic mass is 10.1. The summed E-state index contributed by atoms with van der Waals surface area (Å²) in [6.07, 6.45) is 0.878. The molecule has 14 heteroatoms. The number of aromatic amines is 1. The first-order chi connectivity index (χ1) is 20.1. The van der Waals surface area contributed by atoms with E-state index in [9.17, 15) is 22.8 Å². The maximum absolute atomic E-state index is 12.6. The lowest BCUT2D eigenvalue weighted by Crippen LogP contribution is -2.32. The van der Waals surface area contributed by atoms with Crippen LogP contribution >= 0.6 is 0 Å². The zero-order valence-electron chi connectivity index (χ0n) is 22.1. The number of hydrogen-bond acceptors (Lipinski definition) is 7. The molecular formula is C28H26F3N7O4. The number of H-pyrrole nitrogens is 1. The van der Waals surface area contributed by atoms with E-state index in [1.807, 2.05) is 53.4 Å². The molecule has 6 rings (SSSR count). The number of fused-ring (bicyclic) bond motifs is 1. The first-order valence-electron chi connectivity index (χ1n) is 13.2. The van der Waals surface area contributed by atoms with Crippen LogP contribution in [0.1, 0.15) is 37.4 Å². The third-order valence-corrected chi connectivity index (χ3v) is 6.67. The van der Waals surface area contributed by atoms with Crippen molar-refractivity contribution in [1.82, 2.24) is 24.8 Å². The van der Waals surface area contributed by atoms with Gasteiger partial charge in [0.25, 0.3) is 5.56 Å². The Morgan fingerprint density at radius 3 is 2.29 bits per heavy atom. The largest absolute Gasteiger partial charge is 0.490 e. The van der Waals surface area contributed by atoms with Gasteiger partial charge in [-0.25, -0.2) is 24.5 Å². The first-order valence-corrected chi connectivity index (χ1v) is 13.2. The first kappa shape index (κ1) is 28.5. The lowest BCUT2D eigenvalue weighted by Gasteiger charge is -2.16. The number of amides is 2. The van der Waals surface area contributed by atoms with Crippen LogP contribution in [0.3, 0.4) is 0 Å². The van der Waals surface area contributed by atoms with Gasteiger partial charge in [-0.15, -0.1) is 0 Å². The van der Waals surface area contributed by atoms with Crippen molar-refractivity contribution in [2.75, 3.05) is 23.7 Å². The molecule has 2 fully saturated rings. The standard InChI is InChI=1S/C26H25N7O2.C2HF3O2/c34-24-20-15-17(5-10-22(20)30-23(32-24)16-3-4-16)21-11-12-27-25(31-21)28-18-6-8-19(9-7-18)29-26(35)33-13-1-2-14-33;3-2(4,5)1(6)7/h5-12,15-16H,1-4,13-14H2,(H,29,35)(H,27,28,31)(H,30,32,34);(H,6,7). The molecule has 4 aromatic rings. The molecular weight excluding hydrogens is 555 g/mol. The van der Waals surface area contributed by atoms with E-state index in [0.29, 0.717) is 28.5 Å². The molecule has 3 heterocycles. The van der Waals surface area contributed by atoms with Gasteiger partial charge in [-0.3, -0.25) is 4.79 Å². The molecule has 2 amide bonds. The van der Waals surface area contributed by atoms with Gasteiger partial charge in [0, 0.05) is 42.1 Å². The molecule has 1 aliphatic carbocycles. The molecule has 1 saturated carbocycles. The molecule has 2 aliphatic rings. The number of aliphatic carboxylic acids is 1. The second-order valence-electron chi connectivity index (χ2n) is 9.85. The Balaban J connectivity index is 0.000000451. The Hall–Kier alpha value is -5.01. The minimum absolute atomic E-state index is 0.0626. The number of anilines is 3. The SMILES string of the molecule is O=C(Nc1ccc(Nc2nccc(-c3ccc4nc(C5CC5)[nH]c(=O)c4c3)n2)cc1)N1CCCC1.O=C(O)C(F)(F)F. The summed E-state index contributed by atoms with van der Waals surface area (Å²) in [5.41, 5.74) is 3.63. The Bertz CT molecular complexity index is 1670. The lowest BCUT2D eigenvalue weighted by molar-refractivity contribution is -0.192. The van der Waals surface area contributed by atoms with E-state index >= 15 is 0 Å². The van der Waals surface area contributed by atoms with Crippen LogP contribution in [-0.2, 0) is 4.79 Å². The molecule has 0 radical (unpaired) electrons. The number of hydrogen-bond donors (Lipinski definition) is 4. The Labute approximate surface area is 236 Å². The van der Waals surface area contributed by atoms with E-state index in [4.69, 9.17) is 9.90 Å². The van der Waals surface area contributed by atoms with Crippen molar-refractivity contribution in [3.05, 3.63) is 70.9 Å². The number of carboxylic acid groups (broad SMARTS) is 1. The molecule has 1 saturated heterocycles. The summed E-state index contributed by atoms with van der Waals surface area (Å²) >= 11 is 0. The summed E-state index contributed by atoms with van der Waals surface area (Å²) in [6, 6.07) is 14.8. The Kier molecular flexibility index (Phi) is 8.04. The highest BCUT2D eigenvalue weighted by Gasteiger charge is 2.38. The normalized spacial score (nSPS) is 14.7. The maximum Gasteiger partial charge on any atom is 0.490 e. The number of benzene rings is 2. The van der Waals surface area contributed by atoms with Crippen LogP contribution in [0.5, 0.6) is 0 Å². The fraction of sp³-hybridized carbons (Fsp3) is 0.286. The van der Waals surface area contributed by atoms with Crippen molar-refractivity contribution in [3.8, 4) is 11.3 Å². The van der Waals surface area contributed by atoms with E-state index in [1.54, 1.807) is 6.20 Å². The number of nitrogens with zero attached hydrogens (tertiary/aromatic N) is 4. The maximum atomic E-state index is 12.6. The minimum atomic E-state index is -5.08. The quantitative estimate of drug-likeness (QED) is 0.249. The smallest absolute Gasteiger partial charge is 0.475 e. The topological polar surface area (TPSA) is 153 Å². The minimum Gasteiger partial charge on any atom is -0.475 e. The van der Waals surface area contributed by atoms with Gasteiger partial charge in [0.15, 0.2) is 0 Å². The number of nitrogens with one attached hydrogen (secondary N) is 3. The summed E-state index contributed by atoms with van der Waals surface area (Å²) in [7, 11) is 0. The molecule has 2 aromatic carbocycles. The second-order valence-corrected chi connectivity index (χ2v) is 9.85. The van der Waals surface area contributed by atoms with E-state index in [2.05, 4.69) is 30.6 Å². The van der Waals surface area contributed by atoms with Crippen molar-refractivity contribution in [2.24, 2.45) is 0 Å². The number of aromatic nitrogens is 4. The molecule has 2 aromatic heterocycles.